The smallest absolute Gasteiger partial charge is 0.258 e. The maximum Gasteiger partial charge on any atom is 0.258 e. The lowest BCUT2D eigenvalue weighted by Crippen LogP contribution is -2.16. The molecule has 0 aliphatic carbocycles. The van der Waals surface area contributed by atoms with Crippen LogP contribution in [0.5, 0.6) is 0 Å². The van der Waals surface area contributed by atoms with Crippen molar-refractivity contribution in [3.8, 4) is 22.5 Å². The van der Waals surface area contributed by atoms with Crippen molar-refractivity contribution in [1.82, 2.24) is 4.98 Å². The normalized spacial score (nSPS) is 11.0. The molecule has 3 aromatic carbocycles. The summed E-state index contributed by atoms with van der Waals surface area (Å²) in [4.78, 5) is 32.8. The summed E-state index contributed by atoms with van der Waals surface area (Å²) >= 11 is 1.22. The van der Waals surface area contributed by atoms with E-state index in [4.69, 9.17) is 15.1 Å². The first-order valence-corrected chi connectivity index (χ1v) is 13.2. The maximum atomic E-state index is 13.6. The molecule has 39 heavy (non-hydrogen) atoms. The van der Waals surface area contributed by atoms with Crippen LogP contribution >= 0.6 is 11.3 Å². The number of nitrogen functional groups attached to an aromatic ring is 1. The van der Waals surface area contributed by atoms with Gasteiger partial charge in [-0.3, -0.25) is 9.59 Å². The zero-order valence-corrected chi connectivity index (χ0v) is 21.8. The van der Waals surface area contributed by atoms with E-state index in [0.717, 1.165) is 11.1 Å². The minimum Gasteiger partial charge on any atom is -0.464 e. The Hall–Kier alpha value is -5.01. The number of rotatable bonds is 6. The molecule has 190 valence electrons. The van der Waals surface area contributed by atoms with Crippen LogP contribution in [-0.4, -0.2) is 16.7 Å². The van der Waals surface area contributed by atoms with Crippen molar-refractivity contribution in [2.75, 3.05) is 11.1 Å². The quantitative estimate of drug-likeness (QED) is 0.217. The van der Waals surface area contributed by atoms with Crippen molar-refractivity contribution in [2.24, 2.45) is 0 Å². The Balaban J connectivity index is 1.45. The first kappa shape index (κ1) is 24.3. The maximum absolute atomic E-state index is 13.6. The highest BCUT2D eigenvalue weighted by Gasteiger charge is 2.28. The average Bonchev–Trinajstić information content (AvgIpc) is 3.61. The van der Waals surface area contributed by atoms with Gasteiger partial charge in [0.2, 0.25) is 5.78 Å². The summed E-state index contributed by atoms with van der Waals surface area (Å²) < 4.78 is 5.74. The zero-order valence-electron chi connectivity index (χ0n) is 21.0. The van der Waals surface area contributed by atoms with Crippen LogP contribution in [0, 0.1) is 6.92 Å². The third kappa shape index (κ3) is 4.49. The van der Waals surface area contributed by atoms with Crippen molar-refractivity contribution in [1.29, 1.82) is 0 Å². The molecule has 6 rings (SSSR count). The summed E-state index contributed by atoms with van der Waals surface area (Å²) in [5.74, 6) is -0.0673. The van der Waals surface area contributed by atoms with Gasteiger partial charge in [-0.05, 0) is 42.3 Å². The number of benzene rings is 3. The number of nitrogens with one attached hydrogen (secondary N) is 1. The van der Waals surface area contributed by atoms with Crippen molar-refractivity contribution < 1.29 is 14.0 Å². The Kier molecular flexibility index (Phi) is 6.26. The van der Waals surface area contributed by atoms with Crippen LogP contribution in [0.25, 0.3) is 32.7 Å². The molecular formula is C32H23N3O3S. The van der Waals surface area contributed by atoms with Crippen molar-refractivity contribution in [3.05, 3.63) is 125 Å². The van der Waals surface area contributed by atoms with E-state index in [1.165, 1.54) is 11.3 Å². The van der Waals surface area contributed by atoms with Crippen molar-refractivity contribution in [2.45, 2.75) is 6.92 Å². The number of hydrogen-bond donors (Lipinski definition) is 2. The second-order valence-corrected chi connectivity index (χ2v) is 10.0. The molecule has 6 aromatic rings. The van der Waals surface area contributed by atoms with Crippen LogP contribution in [0.2, 0.25) is 0 Å². The lowest BCUT2D eigenvalue weighted by Gasteiger charge is -2.13. The van der Waals surface area contributed by atoms with Gasteiger partial charge < -0.3 is 15.5 Å². The molecule has 6 nitrogen and oxygen atoms in total. The molecule has 0 fully saturated rings. The Labute approximate surface area is 228 Å². The molecule has 0 spiro atoms. The van der Waals surface area contributed by atoms with Crippen molar-refractivity contribution >= 4 is 44.6 Å². The topological polar surface area (TPSA) is 98.2 Å². The number of ketones is 1. The number of pyridine rings is 1. The van der Waals surface area contributed by atoms with Crippen LogP contribution in [0.4, 0.5) is 11.4 Å². The molecule has 0 bridgehead atoms. The van der Waals surface area contributed by atoms with E-state index in [2.05, 4.69) is 5.32 Å². The first-order chi connectivity index (χ1) is 19.0. The largest absolute Gasteiger partial charge is 0.464 e. The molecule has 3 heterocycles. The summed E-state index contributed by atoms with van der Waals surface area (Å²) in [6.07, 6.45) is 1.54. The third-order valence-corrected chi connectivity index (χ3v) is 7.64. The predicted molar refractivity (Wildman–Crippen MR) is 156 cm³/mol. The van der Waals surface area contributed by atoms with Gasteiger partial charge in [0, 0.05) is 22.2 Å². The number of thiophene rings is 1. The molecule has 0 aliphatic rings. The second kappa shape index (κ2) is 10.0. The van der Waals surface area contributed by atoms with Crippen LogP contribution < -0.4 is 11.1 Å². The molecule has 0 aliphatic heterocycles. The highest BCUT2D eigenvalue weighted by atomic mass is 32.1. The fraction of sp³-hybridized carbons (Fsp3) is 0.0312. The van der Waals surface area contributed by atoms with E-state index in [-0.39, 0.29) is 17.4 Å². The molecule has 0 unspecified atom stereocenters. The minimum atomic E-state index is -0.338. The number of aryl methyl sites for hydroxylation is 1. The molecule has 0 saturated heterocycles. The number of para-hydroxylation sites is 1. The number of anilines is 2. The number of nitrogens with two attached hydrogens (primary N) is 1. The predicted octanol–water partition coefficient (Wildman–Crippen LogP) is 7.60. The van der Waals surface area contributed by atoms with Gasteiger partial charge >= 0.3 is 0 Å². The summed E-state index contributed by atoms with van der Waals surface area (Å²) in [6, 6.07) is 30.1. The van der Waals surface area contributed by atoms with Gasteiger partial charge in [-0.2, -0.15) is 0 Å². The number of nitrogens with zero attached hydrogens (tertiary/aromatic N) is 1. The van der Waals surface area contributed by atoms with E-state index in [1.807, 2.05) is 72.8 Å². The van der Waals surface area contributed by atoms with E-state index in [0.29, 0.717) is 48.9 Å². The molecule has 1 amide bonds. The standard InChI is InChI=1S/C32H23N3O3S/c1-19-25(31(37)35-23-11-6-3-7-12-23)26(24-13-8-18-38-24)27-28(33)30(39-32(27)34-19)29(36)22-16-14-21(15-17-22)20-9-4-2-5-10-20/h2-18H,33H2,1H3,(H,35,37). The third-order valence-electron chi connectivity index (χ3n) is 6.54. The van der Waals surface area contributed by atoms with E-state index in [9.17, 15) is 9.59 Å². The lowest BCUT2D eigenvalue weighted by molar-refractivity contribution is 0.102. The zero-order chi connectivity index (χ0) is 26.9. The van der Waals surface area contributed by atoms with Gasteiger partial charge in [-0.15, -0.1) is 11.3 Å². The molecule has 0 atom stereocenters. The fourth-order valence-corrected chi connectivity index (χ4v) is 5.78. The summed E-state index contributed by atoms with van der Waals surface area (Å²) in [5, 5.41) is 3.47. The Morgan fingerprint density at radius 3 is 2.18 bits per heavy atom. The van der Waals surface area contributed by atoms with Crippen LogP contribution in [0.15, 0.2) is 108 Å². The Morgan fingerprint density at radius 2 is 1.51 bits per heavy atom. The first-order valence-electron chi connectivity index (χ1n) is 12.3. The highest BCUT2D eigenvalue weighted by molar-refractivity contribution is 7.21. The van der Waals surface area contributed by atoms with Crippen LogP contribution in [0.3, 0.4) is 0 Å². The Bertz CT molecular complexity index is 1810. The summed E-state index contributed by atoms with van der Waals surface area (Å²) in [5.41, 5.74) is 11.6. The highest BCUT2D eigenvalue weighted by Crippen LogP contribution is 2.43. The molecule has 7 heteroatoms. The molecule has 3 aromatic heterocycles. The van der Waals surface area contributed by atoms with Gasteiger partial charge in [0.1, 0.15) is 15.5 Å². The van der Waals surface area contributed by atoms with Crippen LogP contribution in [-0.2, 0) is 0 Å². The minimum absolute atomic E-state index is 0.201. The van der Waals surface area contributed by atoms with E-state index >= 15 is 0 Å². The number of fused-ring (bicyclic) bond motifs is 1. The fourth-order valence-electron chi connectivity index (χ4n) is 4.67. The van der Waals surface area contributed by atoms with Gasteiger partial charge in [0.15, 0.2) is 0 Å². The number of carbonyl (C=O) groups is 2. The summed E-state index contributed by atoms with van der Waals surface area (Å²) in [6.45, 7) is 1.77. The molecular weight excluding hydrogens is 506 g/mol. The van der Waals surface area contributed by atoms with Crippen LogP contribution in [0.1, 0.15) is 31.3 Å². The number of amides is 1. The van der Waals surface area contributed by atoms with E-state index in [1.54, 1.807) is 37.5 Å². The monoisotopic (exact) mass is 529 g/mol. The Morgan fingerprint density at radius 1 is 0.846 bits per heavy atom. The van der Waals surface area contributed by atoms with E-state index < -0.39 is 0 Å². The summed E-state index contributed by atoms with van der Waals surface area (Å²) in [7, 11) is 0. The number of hydrogen-bond acceptors (Lipinski definition) is 6. The van der Waals surface area contributed by atoms with Gasteiger partial charge in [0.25, 0.3) is 5.91 Å². The molecule has 3 N–H and O–H groups in total. The average molecular weight is 530 g/mol. The number of aromatic nitrogens is 1. The number of carbonyl (C=O) groups excluding carboxylic acids is 2. The lowest BCUT2D eigenvalue weighted by atomic mass is 9.98. The van der Waals surface area contributed by atoms with Gasteiger partial charge in [-0.25, -0.2) is 4.98 Å². The number of furan rings is 1. The second-order valence-electron chi connectivity index (χ2n) is 9.04. The SMILES string of the molecule is Cc1nc2sc(C(=O)c3ccc(-c4ccccc4)cc3)c(N)c2c(-c2ccco2)c1C(=O)Nc1ccccc1. The van der Waals surface area contributed by atoms with Gasteiger partial charge in [0.05, 0.1) is 23.2 Å². The van der Waals surface area contributed by atoms with Gasteiger partial charge in [-0.1, -0.05) is 72.8 Å². The van der Waals surface area contributed by atoms with Crippen molar-refractivity contribution in [3.63, 3.8) is 0 Å². The molecule has 0 saturated carbocycles. The molecule has 0 radical (unpaired) electrons.